The molecular formula is C12H19N3OS. The Morgan fingerprint density at radius 3 is 3.06 bits per heavy atom. The van der Waals surface area contributed by atoms with Crippen molar-refractivity contribution < 1.29 is 4.79 Å². The smallest absolute Gasteiger partial charge is 0.233 e. The Morgan fingerprint density at radius 2 is 2.53 bits per heavy atom. The Kier molecular flexibility index (Phi) is 3.79. The van der Waals surface area contributed by atoms with E-state index in [0.29, 0.717) is 0 Å². The lowest BCUT2D eigenvalue weighted by molar-refractivity contribution is -0.125. The van der Waals surface area contributed by atoms with Crippen molar-refractivity contribution in [3.63, 3.8) is 0 Å². The number of nitrogens with zero attached hydrogens (tertiary/aromatic N) is 1. The fourth-order valence-corrected chi connectivity index (χ4v) is 3.07. The summed E-state index contributed by atoms with van der Waals surface area (Å²) in [6.07, 6.45) is 2.90. The zero-order chi connectivity index (χ0) is 12.3. The molecule has 4 nitrogen and oxygen atoms in total. The Morgan fingerprint density at radius 1 is 1.71 bits per heavy atom. The van der Waals surface area contributed by atoms with Gasteiger partial charge < -0.3 is 10.6 Å². The predicted octanol–water partition coefficient (Wildman–Crippen LogP) is 2.17. The van der Waals surface area contributed by atoms with Gasteiger partial charge >= 0.3 is 0 Å². The summed E-state index contributed by atoms with van der Waals surface area (Å²) in [7, 11) is 0. The molecule has 0 aromatic carbocycles. The summed E-state index contributed by atoms with van der Waals surface area (Å²) in [5.41, 5.74) is 0.730. The summed E-state index contributed by atoms with van der Waals surface area (Å²) in [5.74, 6) is 0.124. The lowest BCUT2D eigenvalue weighted by Crippen LogP contribution is -2.38. The summed E-state index contributed by atoms with van der Waals surface area (Å²) in [5, 5.41) is 8.92. The first-order valence-corrected chi connectivity index (χ1v) is 6.98. The molecule has 94 valence electrons. The van der Waals surface area contributed by atoms with E-state index in [2.05, 4.69) is 22.5 Å². The fourth-order valence-electron chi connectivity index (χ4n) is 2.38. The molecule has 0 bridgehead atoms. The van der Waals surface area contributed by atoms with Gasteiger partial charge in [0, 0.05) is 11.9 Å². The van der Waals surface area contributed by atoms with Gasteiger partial charge in [-0.15, -0.1) is 11.3 Å². The maximum absolute atomic E-state index is 12.4. The van der Waals surface area contributed by atoms with Gasteiger partial charge in [-0.2, -0.15) is 0 Å². The van der Waals surface area contributed by atoms with Crippen LogP contribution in [0.25, 0.3) is 0 Å². The molecule has 1 aromatic heterocycles. The van der Waals surface area contributed by atoms with Crippen molar-refractivity contribution in [2.24, 2.45) is 5.41 Å². The molecule has 1 saturated heterocycles. The third kappa shape index (κ3) is 2.66. The monoisotopic (exact) mass is 253 g/mol. The number of hydrogen-bond acceptors (Lipinski definition) is 4. The Labute approximate surface area is 106 Å². The van der Waals surface area contributed by atoms with Gasteiger partial charge in [-0.25, -0.2) is 4.98 Å². The minimum absolute atomic E-state index is 0.124. The zero-order valence-corrected chi connectivity index (χ0v) is 11.2. The minimum atomic E-state index is -0.228. The van der Waals surface area contributed by atoms with Gasteiger partial charge in [-0.3, -0.25) is 4.79 Å². The van der Waals surface area contributed by atoms with Gasteiger partial charge in [0.15, 0.2) is 5.13 Å². The van der Waals surface area contributed by atoms with Gasteiger partial charge in [0.2, 0.25) is 5.91 Å². The van der Waals surface area contributed by atoms with Crippen LogP contribution in [0.15, 0.2) is 5.38 Å². The van der Waals surface area contributed by atoms with E-state index in [-0.39, 0.29) is 11.3 Å². The average molecular weight is 253 g/mol. The summed E-state index contributed by atoms with van der Waals surface area (Å²) >= 11 is 1.49. The summed E-state index contributed by atoms with van der Waals surface area (Å²) in [6, 6.07) is 0. The van der Waals surface area contributed by atoms with Crippen LogP contribution >= 0.6 is 11.3 Å². The highest BCUT2D eigenvalue weighted by atomic mass is 32.1. The highest BCUT2D eigenvalue weighted by Gasteiger charge is 2.40. The number of aryl methyl sites for hydroxylation is 1. The van der Waals surface area contributed by atoms with Crippen LogP contribution < -0.4 is 10.6 Å². The number of anilines is 1. The standard InChI is InChI=1S/C12H19N3OS/c1-3-4-12(5-6-13-8-12)10(16)15-11-14-9(2)7-17-11/h7,13H,3-6,8H2,1-2H3,(H,14,15,16). The minimum Gasteiger partial charge on any atom is -0.316 e. The molecule has 1 aromatic rings. The number of rotatable bonds is 4. The van der Waals surface area contributed by atoms with Crippen LogP contribution in [0, 0.1) is 12.3 Å². The third-order valence-electron chi connectivity index (χ3n) is 3.29. The molecule has 1 aliphatic rings. The molecule has 1 atom stereocenters. The number of carbonyl (C=O) groups excluding carboxylic acids is 1. The van der Waals surface area contributed by atoms with E-state index < -0.39 is 0 Å². The zero-order valence-electron chi connectivity index (χ0n) is 10.4. The van der Waals surface area contributed by atoms with Crippen molar-refractivity contribution in [1.29, 1.82) is 0 Å². The van der Waals surface area contributed by atoms with Crippen molar-refractivity contribution in [3.05, 3.63) is 11.1 Å². The van der Waals surface area contributed by atoms with Crippen molar-refractivity contribution in [1.82, 2.24) is 10.3 Å². The molecule has 17 heavy (non-hydrogen) atoms. The first kappa shape index (κ1) is 12.5. The molecule has 2 rings (SSSR count). The third-order valence-corrected chi connectivity index (χ3v) is 4.17. The molecule has 5 heteroatoms. The van der Waals surface area contributed by atoms with Crippen molar-refractivity contribution in [2.75, 3.05) is 18.4 Å². The summed E-state index contributed by atoms with van der Waals surface area (Å²) < 4.78 is 0. The molecule has 1 fully saturated rings. The van der Waals surface area contributed by atoms with Crippen molar-refractivity contribution in [2.45, 2.75) is 33.1 Å². The number of thiazole rings is 1. The van der Waals surface area contributed by atoms with Crippen LogP contribution in [0.2, 0.25) is 0 Å². The van der Waals surface area contributed by atoms with Crippen LogP contribution in [0.4, 0.5) is 5.13 Å². The van der Waals surface area contributed by atoms with Crippen molar-refractivity contribution in [3.8, 4) is 0 Å². The molecule has 0 spiro atoms. The first-order valence-electron chi connectivity index (χ1n) is 6.10. The van der Waals surface area contributed by atoms with Crippen LogP contribution in [0.5, 0.6) is 0 Å². The van der Waals surface area contributed by atoms with E-state index in [1.807, 2.05) is 12.3 Å². The van der Waals surface area contributed by atoms with Crippen LogP contribution in [-0.2, 0) is 4.79 Å². The van der Waals surface area contributed by atoms with Gasteiger partial charge in [-0.1, -0.05) is 13.3 Å². The average Bonchev–Trinajstić information content (AvgIpc) is 2.89. The highest BCUT2D eigenvalue weighted by molar-refractivity contribution is 7.13. The number of amides is 1. The molecule has 0 saturated carbocycles. The Bertz CT molecular complexity index is 396. The van der Waals surface area contributed by atoms with Gasteiger partial charge in [-0.05, 0) is 26.3 Å². The molecular weight excluding hydrogens is 234 g/mol. The van der Waals surface area contributed by atoms with Crippen LogP contribution in [0.1, 0.15) is 31.9 Å². The predicted molar refractivity (Wildman–Crippen MR) is 70.3 cm³/mol. The molecule has 0 radical (unpaired) electrons. The number of nitrogens with one attached hydrogen (secondary N) is 2. The van der Waals surface area contributed by atoms with Gasteiger partial charge in [0.05, 0.1) is 11.1 Å². The second kappa shape index (κ2) is 5.14. The first-order chi connectivity index (χ1) is 8.16. The van der Waals surface area contributed by atoms with E-state index in [0.717, 1.165) is 43.2 Å². The number of carbonyl (C=O) groups is 1. The van der Waals surface area contributed by atoms with Crippen molar-refractivity contribution >= 4 is 22.4 Å². The highest BCUT2D eigenvalue weighted by Crippen LogP contribution is 2.32. The number of aromatic nitrogens is 1. The second-order valence-electron chi connectivity index (χ2n) is 4.71. The normalized spacial score (nSPS) is 23.9. The van der Waals surface area contributed by atoms with E-state index in [9.17, 15) is 4.79 Å². The lowest BCUT2D eigenvalue weighted by Gasteiger charge is -2.25. The van der Waals surface area contributed by atoms with Gasteiger partial charge in [0.25, 0.3) is 0 Å². The summed E-state index contributed by atoms with van der Waals surface area (Å²) in [6.45, 7) is 5.79. The van der Waals surface area contributed by atoms with Gasteiger partial charge in [0.1, 0.15) is 0 Å². The molecule has 1 unspecified atom stereocenters. The topological polar surface area (TPSA) is 54.0 Å². The van der Waals surface area contributed by atoms with E-state index in [4.69, 9.17) is 0 Å². The Balaban J connectivity index is 2.06. The molecule has 2 heterocycles. The molecule has 1 amide bonds. The summed E-state index contributed by atoms with van der Waals surface area (Å²) in [4.78, 5) is 16.6. The molecule has 0 aliphatic carbocycles. The van der Waals surface area contributed by atoms with E-state index in [1.165, 1.54) is 11.3 Å². The maximum Gasteiger partial charge on any atom is 0.233 e. The van der Waals surface area contributed by atoms with Crippen LogP contribution in [0.3, 0.4) is 0 Å². The maximum atomic E-state index is 12.4. The SMILES string of the molecule is CCCC1(C(=O)Nc2nc(C)cs2)CCNC1. The molecule has 1 aliphatic heterocycles. The second-order valence-corrected chi connectivity index (χ2v) is 5.56. The Hall–Kier alpha value is -0.940. The van der Waals surface area contributed by atoms with E-state index in [1.54, 1.807) is 0 Å². The molecule has 2 N–H and O–H groups in total. The number of hydrogen-bond donors (Lipinski definition) is 2. The fraction of sp³-hybridized carbons (Fsp3) is 0.667. The van der Waals surface area contributed by atoms with E-state index >= 15 is 0 Å². The van der Waals surface area contributed by atoms with Crippen LogP contribution in [-0.4, -0.2) is 24.0 Å². The lowest BCUT2D eigenvalue weighted by atomic mass is 9.81. The quantitative estimate of drug-likeness (QED) is 0.864. The largest absolute Gasteiger partial charge is 0.316 e.